The number of nitrogens with zero attached hydrogens (tertiary/aromatic N) is 2. The van der Waals surface area contributed by atoms with E-state index < -0.39 is 17.7 Å². The number of hydrogen-bond acceptors (Lipinski definition) is 7. The van der Waals surface area contributed by atoms with Gasteiger partial charge in [0.05, 0.1) is 16.1 Å². The van der Waals surface area contributed by atoms with Crippen LogP contribution in [0.15, 0.2) is 70.7 Å². The average Bonchev–Trinajstić information content (AvgIpc) is 3.40. The second-order valence-corrected chi connectivity index (χ2v) is 15.1. The molecule has 3 aromatic rings. The highest BCUT2D eigenvalue weighted by Gasteiger charge is 2.25. The van der Waals surface area contributed by atoms with Crippen LogP contribution < -0.4 is 25.4 Å². The van der Waals surface area contributed by atoms with Crippen molar-refractivity contribution in [3.63, 3.8) is 0 Å². The number of para-hydroxylation sites is 2. The van der Waals surface area contributed by atoms with E-state index >= 15 is 0 Å². The summed E-state index contributed by atoms with van der Waals surface area (Å²) < 4.78 is 7.64. The first-order valence-electron chi connectivity index (χ1n) is 18.1. The third-order valence-corrected chi connectivity index (χ3v) is 9.76. The van der Waals surface area contributed by atoms with Crippen LogP contribution in [-0.4, -0.2) is 55.5 Å². The van der Waals surface area contributed by atoms with Gasteiger partial charge in [-0.2, -0.15) is 4.57 Å². The van der Waals surface area contributed by atoms with Gasteiger partial charge in [0.2, 0.25) is 17.3 Å². The summed E-state index contributed by atoms with van der Waals surface area (Å²) in [5.74, 6) is -0.219. The van der Waals surface area contributed by atoms with Crippen molar-refractivity contribution in [3.8, 4) is 0 Å². The van der Waals surface area contributed by atoms with Crippen LogP contribution in [0.4, 0.5) is 10.5 Å². The molecule has 10 nitrogen and oxygen atoms in total. The van der Waals surface area contributed by atoms with Gasteiger partial charge in [0, 0.05) is 63.4 Å². The lowest BCUT2D eigenvalue weighted by atomic mass is 10.1. The van der Waals surface area contributed by atoms with Gasteiger partial charge in [0.25, 0.3) is 0 Å². The number of thioether (sulfide) groups is 1. The van der Waals surface area contributed by atoms with Crippen LogP contribution in [0.3, 0.4) is 0 Å². The first-order valence-corrected chi connectivity index (χ1v) is 18.9. The van der Waals surface area contributed by atoms with E-state index in [2.05, 4.69) is 99.3 Å². The molecule has 2 aromatic carbocycles. The number of ether oxygens (including phenoxy) is 1. The lowest BCUT2D eigenvalue weighted by Gasteiger charge is -2.23. The molecule has 1 aromatic heterocycles. The maximum absolute atomic E-state index is 12.9. The number of carbonyl (C=O) groups excluding carboxylic acids is 4. The topological polar surface area (TPSA) is 121 Å². The fraction of sp³-hybridized carbons (Fsp3) is 0.475. The number of Topliss-reactive ketones (excluding diaryl/α,β-unsaturated/α-hetero) is 1. The van der Waals surface area contributed by atoms with Crippen molar-refractivity contribution < 1.29 is 28.5 Å². The molecule has 2 heterocycles. The van der Waals surface area contributed by atoms with E-state index in [-0.39, 0.29) is 17.6 Å². The Balaban J connectivity index is 1.17. The van der Waals surface area contributed by atoms with E-state index in [0.717, 1.165) is 25.8 Å². The van der Waals surface area contributed by atoms with Crippen molar-refractivity contribution in [3.05, 3.63) is 71.4 Å². The molecule has 0 saturated carbocycles. The van der Waals surface area contributed by atoms with Gasteiger partial charge in [-0.1, -0.05) is 36.0 Å². The molecule has 274 valence electrons. The molecule has 0 saturated heterocycles. The molecule has 0 fully saturated rings. The zero-order chi connectivity index (χ0) is 36.8. The van der Waals surface area contributed by atoms with Crippen molar-refractivity contribution in [2.24, 2.45) is 0 Å². The van der Waals surface area contributed by atoms with Crippen LogP contribution in [0.2, 0.25) is 0 Å². The standard InChI is InChI=1S/C40H53N5O5S/c1-29(46)41-24-13-12-19-33(43-39(49)50-40(2,3)4)38(48)42-25-15-17-31(47)16-7-6-14-26-45-27-23-30(32-18-8-9-20-34(32)45)28-37-44(5)35-21-10-11-22-36(35)51-37/h8-11,18,20-23,27-28,33H,6-7,12-17,19,24-26H2,1-5H3,(H2-,41,42,43,46,48,49)/p+1. The number of aryl methyl sites for hydroxylation is 1. The Morgan fingerprint density at radius 2 is 1.61 bits per heavy atom. The number of ketones is 1. The molecule has 0 aliphatic carbocycles. The van der Waals surface area contributed by atoms with Gasteiger partial charge in [-0.05, 0) is 89.1 Å². The molecule has 0 bridgehead atoms. The van der Waals surface area contributed by atoms with E-state index in [1.807, 2.05) is 0 Å². The predicted molar refractivity (Wildman–Crippen MR) is 204 cm³/mol. The highest BCUT2D eigenvalue weighted by molar-refractivity contribution is 8.03. The quantitative estimate of drug-likeness (QED) is 0.0969. The summed E-state index contributed by atoms with van der Waals surface area (Å²) >= 11 is 1.80. The SMILES string of the molecule is CC(=O)NCCCCC(NC(=O)OC(C)(C)C)C(=O)NCCCC(=O)CCCCC[n+]1ccc(C=C2Sc3ccccc3N2C)c2ccccc21. The smallest absolute Gasteiger partial charge is 0.408 e. The van der Waals surface area contributed by atoms with Gasteiger partial charge < -0.3 is 25.6 Å². The monoisotopic (exact) mass is 716 g/mol. The average molecular weight is 717 g/mol. The maximum Gasteiger partial charge on any atom is 0.408 e. The van der Waals surface area contributed by atoms with E-state index in [0.29, 0.717) is 51.6 Å². The first-order chi connectivity index (χ1) is 24.4. The number of hydrogen-bond donors (Lipinski definition) is 3. The Morgan fingerprint density at radius 3 is 2.37 bits per heavy atom. The summed E-state index contributed by atoms with van der Waals surface area (Å²) in [6.07, 6.45) is 9.73. The van der Waals surface area contributed by atoms with Crippen molar-refractivity contribution in [1.82, 2.24) is 16.0 Å². The summed E-state index contributed by atoms with van der Waals surface area (Å²) in [6, 6.07) is 18.4. The third-order valence-electron chi connectivity index (χ3n) is 8.60. The Bertz CT molecular complexity index is 1700. The van der Waals surface area contributed by atoms with Gasteiger partial charge in [0.1, 0.15) is 24.0 Å². The number of amides is 3. The minimum atomic E-state index is -0.762. The summed E-state index contributed by atoms with van der Waals surface area (Å²) in [7, 11) is 2.12. The summed E-state index contributed by atoms with van der Waals surface area (Å²) in [6.45, 7) is 8.48. The van der Waals surface area contributed by atoms with Gasteiger partial charge in [-0.15, -0.1) is 0 Å². The lowest BCUT2D eigenvalue weighted by Crippen LogP contribution is -2.48. The number of pyridine rings is 1. The fourth-order valence-corrected chi connectivity index (χ4v) is 7.09. The van der Waals surface area contributed by atoms with Crippen molar-refractivity contribution in [2.45, 2.75) is 109 Å². The third kappa shape index (κ3) is 12.7. The number of rotatable bonds is 18. The maximum atomic E-state index is 12.9. The molecule has 1 atom stereocenters. The normalized spacial score (nSPS) is 13.9. The summed E-state index contributed by atoms with van der Waals surface area (Å²) in [5.41, 5.74) is 2.94. The fourth-order valence-electron chi connectivity index (χ4n) is 5.99. The Morgan fingerprint density at radius 1 is 0.882 bits per heavy atom. The van der Waals surface area contributed by atoms with Crippen molar-refractivity contribution in [1.29, 1.82) is 0 Å². The van der Waals surface area contributed by atoms with Crippen LogP contribution in [-0.2, 0) is 25.7 Å². The Kier molecular flexibility index (Phi) is 14.9. The van der Waals surface area contributed by atoms with E-state index in [9.17, 15) is 19.2 Å². The lowest BCUT2D eigenvalue weighted by molar-refractivity contribution is -0.671. The highest BCUT2D eigenvalue weighted by Crippen LogP contribution is 2.45. The van der Waals surface area contributed by atoms with Gasteiger partial charge in [0.15, 0.2) is 6.20 Å². The van der Waals surface area contributed by atoms with E-state index in [1.54, 1.807) is 32.5 Å². The minimum Gasteiger partial charge on any atom is -0.444 e. The number of unbranched alkanes of at least 4 members (excludes halogenated alkanes) is 3. The molecule has 51 heavy (non-hydrogen) atoms. The van der Waals surface area contributed by atoms with Crippen molar-refractivity contribution in [2.75, 3.05) is 25.0 Å². The largest absolute Gasteiger partial charge is 0.444 e. The molecule has 0 radical (unpaired) electrons. The van der Waals surface area contributed by atoms with Gasteiger partial charge in [-0.25, -0.2) is 4.79 Å². The predicted octanol–water partition coefficient (Wildman–Crippen LogP) is 6.89. The number of anilines is 1. The van der Waals surface area contributed by atoms with E-state index in [4.69, 9.17) is 4.74 Å². The van der Waals surface area contributed by atoms with Crippen molar-refractivity contribution >= 4 is 58.1 Å². The van der Waals surface area contributed by atoms with Crippen LogP contribution in [0.25, 0.3) is 17.0 Å². The molecule has 4 rings (SSSR count). The van der Waals surface area contributed by atoms with Crippen LogP contribution >= 0.6 is 11.8 Å². The molecule has 11 heteroatoms. The minimum absolute atomic E-state index is 0.104. The number of benzene rings is 2. The van der Waals surface area contributed by atoms with Crippen LogP contribution in [0.5, 0.6) is 0 Å². The molecule has 3 amide bonds. The second-order valence-electron chi connectivity index (χ2n) is 14.0. The number of carbonyl (C=O) groups is 4. The number of alkyl carbamates (subject to hydrolysis) is 1. The highest BCUT2D eigenvalue weighted by atomic mass is 32.2. The Labute approximate surface area is 306 Å². The molecular weight excluding hydrogens is 663 g/mol. The molecular formula is C40H54N5O5S+. The Hall–Kier alpha value is -4.38. The zero-order valence-electron chi connectivity index (χ0n) is 30.8. The molecule has 1 aliphatic heterocycles. The first kappa shape index (κ1) is 39.4. The number of nitrogens with one attached hydrogen (secondary N) is 3. The molecule has 0 spiro atoms. The number of aromatic nitrogens is 1. The summed E-state index contributed by atoms with van der Waals surface area (Å²) in [4.78, 5) is 52.5. The van der Waals surface area contributed by atoms with Crippen LogP contribution in [0.1, 0.15) is 91.0 Å². The second kappa shape index (κ2) is 19.3. The number of fused-ring (bicyclic) bond motifs is 2. The molecule has 1 aliphatic rings. The summed E-state index contributed by atoms with van der Waals surface area (Å²) in [5, 5.41) is 10.7. The molecule has 1 unspecified atom stereocenters. The molecule has 3 N–H and O–H groups in total. The van der Waals surface area contributed by atoms with Gasteiger partial charge >= 0.3 is 6.09 Å². The van der Waals surface area contributed by atoms with Crippen LogP contribution in [0, 0.1) is 0 Å². The van der Waals surface area contributed by atoms with E-state index in [1.165, 1.54) is 39.0 Å². The van der Waals surface area contributed by atoms with Gasteiger partial charge in [-0.3, -0.25) is 14.4 Å². The zero-order valence-corrected chi connectivity index (χ0v) is 31.6.